The maximum Gasteiger partial charge on any atom is 0.238 e. The van der Waals surface area contributed by atoms with Crippen molar-refractivity contribution in [2.45, 2.75) is 0 Å². The first-order valence-electron chi connectivity index (χ1n) is 19.1. The molecule has 0 aliphatic rings. The third-order valence-corrected chi connectivity index (χ3v) is 12.3. The molecule has 4 heterocycles. The summed E-state index contributed by atoms with van der Waals surface area (Å²) in [5, 5.41) is 7.35. The summed E-state index contributed by atoms with van der Waals surface area (Å²) in [6.45, 7) is 0. The van der Waals surface area contributed by atoms with E-state index < -0.39 is 0 Å². The van der Waals surface area contributed by atoms with Crippen molar-refractivity contribution in [1.82, 2.24) is 24.1 Å². The maximum atomic E-state index is 5.13. The van der Waals surface area contributed by atoms with Crippen LogP contribution < -0.4 is 0 Å². The molecule has 4 aromatic heterocycles. The summed E-state index contributed by atoms with van der Waals surface area (Å²) in [7, 11) is 0. The number of thiophene rings is 1. The smallest absolute Gasteiger partial charge is 0.238 e. The minimum Gasteiger partial charge on any atom is -0.309 e. The van der Waals surface area contributed by atoms with Crippen molar-refractivity contribution in [2.24, 2.45) is 0 Å². The molecule has 0 amide bonds. The predicted molar refractivity (Wildman–Crippen MR) is 238 cm³/mol. The van der Waals surface area contributed by atoms with E-state index in [-0.39, 0.29) is 0 Å². The van der Waals surface area contributed by atoms with Crippen LogP contribution in [0.2, 0.25) is 0 Å². The van der Waals surface area contributed by atoms with E-state index in [0.29, 0.717) is 17.6 Å². The van der Waals surface area contributed by atoms with Crippen LogP contribution in [0.25, 0.3) is 109 Å². The Morgan fingerprint density at radius 1 is 0.351 bits per heavy atom. The van der Waals surface area contributed by atoms with Gasteiger partial charge in [0.05, 0.1) is 22.1 Å². The quantitative estimate of drug-likeness (QED) is 0.176. The molecule has 0 N–H and O–H groups in total. The van der Waals surface area contributed by atoms with Gasteiger partial charge in [0, 0.05) is 58.5 Å². The van der Waals surface area contributed by atoms with Gasteiger partial charge < -0.3 is 4.57 Å². The van der Waals surface area contributed by atoms with E-state index >= 15 is 0 Å². The maximum absolute atomic E-state index is 5.13. The van der Waals surface area contributed by atoms with Crippen LogP contribution >= 0.6 is 11.3 Å². The van der Waals surface area contributed by atoms with E-state index in [0.717, 1.165) is 44.2 Å². The Labute approximate surface area is 331 Å². The minimum atomic E-state index is 0.585. The molecule has 57 heavy (non-hydrogen) atoms. The highest BCUT2D eigenvalue weighted by molar-refractivity contribution is 7.25. The van der Waals surface area contributed by atoms with Gasteiger partial charge in [-0.2, -0.15) is 9.97 Å². The highest BCUT2D eigenvalue weighted by Crippen LogP contribution is 2.42. The van der Waals surface area contributed by atoms with E-state index in [1.807, 2.05) is 72.0 Å². The third kappa shape index (κ3) is 4.98. The van der Waals surface area contributed by atoms with Gasteiger partial charge >= 0.3 is 0 Å². The Kier molecular flexibility index (Phi) is 7.03. The molecular weight excluding hydrogens is 715 g/mol. The second kappa shape index (κ2) is 12.6. The first-order valence-corrected chi connectivity index (χ1v) is 19.9. The largest absolute Gasteiger partial charge is 0.309 e. The lowest BCUT2D eigenvalue weighted by Crippen LogP contribution is -2.06. The summed E-state index contributed by atoms with van der Waals surface area (Å²) in [6, 6.07) is 66.8. The lowest BCUT2D eigenvalue weighted by atomic mass is 9.98. The lowest BCUT2D eigenvalue weighted by molar-refractivity contribution is 0.953. The zero-order valence-corrected chi connectivity index (χ0v) is 31.4. The molecule has 0 saturated heterocycles. The molecule has 0 bridgehead atoms. The zero-order valence-electron chi connectivity index (χ0n) is 30.5. The Hall–Kier alpha value is -7.41. The molecule has 266 valence electrons. The predicted octanol–water partition coefficient (Wildman–Crippen LogP) is 13.4. The first-order chi connectivity index (χ1) is 28.3. The van der Waals surface area contributed by atoms with Crippen molar-refractivity contribution in [1.29, 1.82) is 0 Å². The van der Waals surface area contributed by atoms with Crippen molar-refractivity contribution < 1.29 is 0 Å². The Bertz CT molecular complexity index is 3470. The van der Waals surface area contributed by atoms with Crippen LogP contribution in [0.3, 0.4) is 0 Å². The van der Waals surface area contributed by atoms with Gasteiger partial charge in [-0.3, -0.25) is 4.57 Å². The average molecular weight is 746 g/mol. The van der Waals surface area contributed by atoms with E-state index in [1.54, 1.807) is 0 Å². The molecule has 12 rings (SSSR count). The normalized spacial score (nSPS) is 11.9. The van der Waals surface area contributed by atoms with Gasteiger partial charge in [-0.25, -0.2) is 4.98 Å². The molecule has 6 heteroatoms. The minimum absolute atomic E-state index is 0.585. The van der Waals surface area contributed by atoms with Gasteiger partial charge in [-0.1, -0.05) is 133 Å². The summed E-state index contributed by atoms with van der Waals surface area (Å²) >= 11 is 1.85. The van der Waals surface area contributed by atoms with Gasteiger partial charge in [0.15, 0.2) is 11.6 Å². The Balaban J connectivity index is 1.07. The number of hydrogen-bond donors (Lipinski definition) is 0. The van der Waals surface area contributed by atoms with Gasteiger partial charge in [0.25, 0.3) is 0 Å². The number of para-hydroxylation sites is 2. The monoisotopic (exact) mass is 745 g/mol. The summed E-state index contributed by atoms with van der Waals surface area (Å²) in [5.74, 6) is 1.86. The van der Waals surface area contributed by atoms with Crippen molar-refractivity contribution in [3.05, 3.63) is 188 Å². The molecule has 0 unspecified atom stereocenters. The van der Waals surface area contributed by atoms with Crippen LogP contribution in [-0.4, -0.2) is 24.1 Å². The highest BCUT2D eigenvalue weighted by atomic mass is 32.1. The van der Waals surface area contributed by atoms with Crippen molar-refractivity contribution in [3.8, 4) is 45.5 Å². The Morgan fingerprint density at radius 2 is 0.947 bits per heavy atom. The molecule has 0 aliphatic carbocycles. The third-order valence-electron chi connectivity index (χ3n) is 11.2. The van der Waals surface area contributed by atoms with Crippen molar-refractivity contribution in [2.75, 3.05) is 0 Å². The number of rotatable bonds is 5. The van der Waals surface area contributed by atoms with Crippen molar-refractivity contribution >= 4 is 75.1 Å². The van der Waals surface area contributed by atoms with Crippen LogP contribution in [0.15, 0.2) is 188 Å². The number of benzene rings is 8. The molecule has 0 saturated carbocycles. The lowest BCUT2D eigenvalue weighted by Gasteiger charge is -2.11. The van der Waals surface area contributed by atoms with E-state index in [9.17, 15) is 0 Å². The summed E-state index contributed by atoms with van der Waals surface area (Å²) in [4.78, 5) is 15.2. The van der Waals surface area contributed by atoms with Gasteiger partial charge in [0.1, 0.15) is 0 Å². The first kappa shape index (κ1) is 31.9. The number of nitrogens with zero attached hydrogens (tertiary/aromatic N) is 5. The second-order valence-electron chi connectivity index (χ2n) is 14.4. The molecule has 0 aliphatic heterocycles. The van der Waals surface area contributed by atoms with Crippen LogP contribution in [0.4, 0.5) is 0 Å². The molecule has 12 aromatic rings. The molecule has 0 spiro atoms. The topological polar surface area (TPSA) is 48.5 Å². The highest BCUT2D eigenvalue weighted by Gasteiger charge is 2.21. The fourth-order valence-electron chi connectivity index (χ4n) is 8.64. The van der Waals surface area contributed by atoms with E-state index in [4.69, 9.17) is 15.0 Å². The molecule has 0 atom stereocenters. The second-order valence-corrected chi connectivity index (χ2v) is 15.5. The van der Waals surface area contributed by atoms with Gasteiger partial charge in [-0.05, 0) is 65.7 Å². The molecule has 0 fully saturated rings. The number of hydrogen-bond acceptors (Lipinski definition) is 4. The summed E-state index contributed by atoms with van der Waals surface area (Å²) < 4.78 is 7.24. The standard InChI is InChI=1S/C51H31N5S/c1-3-14-32(15-4-1)49-52-50(33-16-5-2-6-17-33)54-51(53-49)56-42-22-10-7-18-37(42)40-30-34(26-28-44(40)56)36-21-13-24-45-48(36)39-20-8-11-23-43(39)55(45)35-27-29-47-41(31-35)38-19-9-12-25-46(38)57-47/h1-31H. The van der Waals surface area contributed by atoms with Crippen LogP contribution in [0.5, 0.6) is 0 Å². The molecule has 0 radical (unpaired) electrons. The average Bonchev–Trinajstić information content (AvgIpc) is 3.94. The zero-order chi connectivity index (χ0) is 37.5. The van der Waals surface area contributed by atoms with Crippen LogP contribution in [-0.2, 0) is 0 Å². The fraction of sp³-hybridized carbons (Fsp3) is 0. The van der Waals surface area contributed by atoms with Crippen LogP contribution in [0, 0.1) is 0 Å². The SMILES string of the molecule is c1ccc(-c2nc(-c3ccccc3)nc(-n3c4ccccc4c4cc(-c5cccc6c5c5ccccc5n6-c5ccc6sc7ccccc7c6c5)ccc43)n2)cc1. The van der Waals surface area contributed by atoms with E-state index in [1.165, 1.54) is 47.5 Å². The fourth-order valence-corrected chi connectivity index (χ4v) is 9.73. The molecule has 5 nitrogen and oxygen atoms in total. The van der Waals surface area contributed by atoms with Crippen molar-refractivity contribution in [3.63, 3.8) is 0 Å². The van der Waals surface area contributed by atoms with E-state index in [2.05, 4.69) is 137 Å². The van der Waals surface area contributed by atoms with Gasteiger partial charge in [-0.15, -0.1) is 11.3 Å². The molecular formula is C51H31N5S. The molecule has 8 aromatic carbocycles. The number of aromatic nitrogens is 5. The Morgan fingerprint density at radius 3 is 1.70 bits per heavy atom. The summed E-state index contributed by atoms with van der Waals surface area (Å²) in [6.07, 6.45) is 0. The summed E-state index contributed by atoms with van der Waals surface area (Å²) in [5.41, 5.74) is 9.85. The van der Waals surface area contributed by atoms with Crippen LogP contribution in [0.1, 0.15) is 0 Å². The van der Waals surface area contributed by atoms with Gasteiger partial charge in [0.2, 0.25) is 5.95 Å². The number of fused-ring (bicyclic) bond motifs is 9.